The van der Waals surface area contributed by atoms with Crippen LogP contribution in [0.3, 0.4) is 0 Å². The molecule has 2 heterocycles. The van der Waals surface area contributed by atoms with Crippen LogP contribution in [0.15, 0.2) is 24.3 Å². The average molecular weight is 274 g/mol. The number of likely N-dealkylation sites (tertiary alicyclic amines) is 1. The van der Waals surface area contributed by atoms with Crippen molar-refractivity contribution in [2.45, 2.75) is 44.8 Å². The average Bonchev–Trinajstić information content (AvgIpc) is 2.70. The molecule has 1 N–H and O–H groups in total. The van der Waals surface area contributed by atoms with Crippen molar-refractivity contribution in [3.8, 4) is 5.75 Å². The highest BCUT2D eigenvalue weighted by Gasteiger charge is 2.32. The summed E-state index contributed by atoms with van der Waals surface area (Å²) in [5.74, 6) is 0.904. The van der Waals surface area contributed by atoms with E-state index in [0.29, 0.717) is 12.6 Å². The number of para-hydroxylation sites is 2. The number of hydrogen-bond donors (Lipinski definition) is 1. The number of benzene rings is 1. The summed E-state index contributed by atoms with van der Waals surface area (Å²) >= 11 is 0. The molecule has 0 radical (unpaired) electrons. The van der Waals surface area contributed by atoms with E-state index in [-0.39, 0.29) is 5.91 Å². The molecule has 1 aromatic carbocycles. The van der Waals surface area contributed by atoms with Gasteiger partial charge in [0.15, 0.2) is 6.10 Å². The minimum Gasteiger partial charge on any atom is -0.477 e. The number of ether oxygens (including phenoxy) is 1. The third kappa shape index (κ3) is 2.60. The zero-order valence-electron chi connectivity index (χ0n) is 12.0. The van der Waals surface area contributed by atoms with Crippen molar-refractivity contribution in [2.75, 3.05) is 18.4 Å². The summed E-state index contributed by atoms with van der Waals surface area (Å²) in [6, 6.07) is 8.11. The normalized spacial score (nSPS) is 25.9. The van der Waals surface area contributed by atoms with E-state index in [9.17, 15) is 4.79 Å². The van der Waals surface area contributed by atoms with Crippen LogP contribution < -0.4 is 10.1 Å². The molecule has 0 aliphatic carbocycles. The van der Waals surface area contributed by atoms with Crippen LogP contribution in [0, 0.1) is 0 Å². The zero-order chi connectivity index (χ0) is 13.9. The van der Waals surface area contributed by atoms with Gasteiger partial charge in [-0.25, -0.2) is 0 Å². The Bertz CT molecular complexity index is 489. The molecule has 2 unspecified atom stereocenters. The van der Waals surface area contributed by atoms with E-state index < -0.39 is 6.10 Å². The molecule has 1 amide bonds. The topological polar surface area (TPSA) is 41.6 Å². The molecule has 1 aromatic rings. The van der Waals surface area contributed by atoms with Gasteiger partial charge >= 0.3 is 0 Å². The molecule has 2 aliphatic heterocycles. The number of carbonyl (C=O) groups is 1. The first-order chi connectivity index (χ1) is 9.75. The van der Waals surface area contributed by atoms with Crippen LogP contribution in [0.25, 0.3) is 0 Å². The molecule has 0 spiro atoms. The van der Waals surface area contributed by atoms with Gasteiger partial charge in [-0.1, -0.05) is 25.0 Å². The highest BCUT2D eigenvalue weighted by molar-refractivity contribution is 5.83. The van der Waals surface area contributed by atoms with Crippen LogP contribution in [-0.2, 0) is 4.79 Å². The second-order valence-electron chi connectivity index (χ2n) is 5.71. The van der Waals surface area contributed by atoms with Crippen molar-refractivity contribution in [1.29, 1.82) is 0 Å². The van der Waals surface area contributed by atoms with Gasteiger partial charge in [0.1, 0.15) is 5.75 Å². The molecule has 1 saturated heterocycles. The predicted octanol–water partition coefficient (Wildman–Crippen LogP) is 2.65. The number of carbonyl (C=O) groups excluding carboxylic acids is 1. The Morgan fingerprint density at radius 3 is 3.05 bits per heavy atom. The molecule has 2 aliphatic rings. The lowest BCUT2D eigenvalue weighted by Crippen LogP contribution is -2.49. The smallest absolute Gasteiger partial charge is 0.265 e. The van der Waals surface area contributed by atoms with E-state index in [1.165, 1.54) is 12.8 Å². The molecular weight excluding hydrogens is 252 g/mol. The van der Waals surface area contributed by atoms with Gasteiger partial charge in [-0.2, -0.15) is 0 Å². The van der Waals surface area contributed by atoms with Gasteiger partial charge in [-0.3, -0.25) is 4.79 Å². The first-order valence-electron chi connectivity index (χ1n) is 7.56. The van der Waals surface area contributed by atoms with Crippen LogP contribution >= 0.6 is 0 Å². The fourth-order valence-electron chi connectivity index (χ4n) is 3.04. The molecule has 108 valence electrons. The number of nitrogens with one attached hydrogen (secondary N) is 1. The first kappa shape index (κ1) is 13.3. The summed E-state index contributed by atoms with van der Waals surface area (Å²) < 4.78 is 5.88. The molecule has 0 bridgehead atoms. The van der Waals surface area contributed by atoms with Gasteiger partial charge < -0.3 is 15.0 Å². The molecule has 2 atom stereocenters. The lowest BCUT2D eigenvalue weighted by molar-refractivity contribution is -0.140. The quantitative estimate of drug-likeness (QED) is 0.856. The van der Waals surface area contributed by atoms with Crippen molar-refractivity contribution in [1.82, 2.24) is 4.90 Å². The fourth-order valence-corrected chi connectivity index (χ4v) is 3.04. The third-order valence-electron chi connectivity index (χ3n) is 4.25. The number of amides is 1. The molecule has 0 saturated carbocycles. The maximum atomic E-state index is 12.7. The Kier molecular flexibility index (Phi) is 3.81. The summed E-state index contributed by atoms with van der Waals surface area (Å²) in [5, 5.41) is 3.29. The highest BCUT2D eigenvalue weighted by Crippen LogP contribution is 2.29. The molecule has 20 heavy (non-hydrogen) atoms. The summed E-state index contributed by atoms with van der Waals surface area (Å²) in [7, 11) is 0. The number of nitrogens with zero attached hydrogens (tertiary/aromatic N) is 1. The Labute approximate surface area is 120 Å². The van der Waals surface area contributed by atoms with Gasteiger partial charge in [0.2, 0.25) is 0 Å². The Balaban J connectivity index is 1.72. The van der Waals surface area contributed by atoms with Crippen LogP contribution in [-0.4, -0.2) is 36.0 Å². The van der Waals surface area contributed by atoms with E-state index >= 15 is 0 Å². The second-order valence-corrected chi connectivity index (χ2v) is 5.71. The molecule has 4 nitrogen and oxygen atoms in total. The Hall–Kier alpha value is -1.71. The molecule has 0 aromatic heterocycles. The van der Waals surface area contributed by atoms with Crippen LogP contribution in [0.1, 0.15) is 32.6 Å². The minimum absolute atomic E-state index is 0.126. The van der Waals surface area contributed by atoms with E-state index in [0.717, 1.165) is 30.8 Å². The lowest BCUT2D eigenvalue weighted by atomic mass is 10.1. The van der Waals surface area contributed by atoms with Crippen LogP contribution in [0.2, 0.25) is 0 Å². The number of anilines is 1. The van der Waals surface area contributed by atoms with E-state index in [1.54, 1.807) is 0 Å². The van der Waals surface area contributed by atoms with Gasteiger partial charge in [-0.05, 0) is 31.9 Å². The van der Waals surface area contributed by atoms with Crippen molar-refractivity contribution >= 4 is 11.6 Å². The molecular formula is C16H22N2O2. The second kappa shape index (κ2) is 5.73. The molecule has 3 rings (SSSR count). The fraction of sp³-hybridized carbons (Fsp3) is 0.562. The molecule has 4 heteroatoms. The van der Waals surface area contributed by atoms with Gasteiger partial charge in [-0.15, -0.1) is 0 Å². The van der Waals surface area contributed by atoms with Crippen molar-refractivity contribution in [2.24, 2.45) is 0 Å². The lowest BCUT2D eigenvalue weighted by Gasteiger charge is -2.33. The number of rotatable bonds is 1. The Morgan fingerprint density at radius 2 is 2.15 bits per heavy atom. The largest absolute Gasteiger partial charge is 0.477 e. The van der Waals surface area contributed by atoms with Crippen LogP contribution in [0.4, 0.5) is 5.69 Å². The summed E-state index contributed by atoms with van der Waals surface area (Å²) in [6.45, 7) is 3.56. The number of hydrogen-bond acceptors (Lipinski definition) is 3. The van der Waals surface area contributed by atoms with E-state index in [1.807, 2.05) is 29.2 Å². The maximum Gasteiger partial charge on any atom is 0.265 e. The van der Waals surface area contributed by atoms with Crippen molar-refractivity contribution in [3.05, 3.63) is 24.3 Å². The summed E-state index contributed by atoms with van der Waals surface area (Å²) in [4.78, 5) is 14.7. The van der Waals surface area contributed by atoms with E-state index in [4.69, 9.17) is 4.74 Å². The van der Waals surface area contributed by atoms with Gasteiger partial charge in [0.25, 0.3) is 5.91 Å². The summed E-state index contributed by atoms with van der Waals surface area (Å²) in [5.41, 5.74) is 0.973. The number of fused-ring (bicyclic) bond motifs is 1. The maximum absolute atomic E-state index is 12.7. The highest BCUT2D eigenvalue weighted by atomic mass is 16.5. The first-order valence-corrected chi connectivity index (χ1v) is 7.56. The van der Waals surface area contributed by atoms with Gasteiger partial charge in [0, 0.05) is 12.6 Å². The minimum atomic E-state index is -0.398. The predicted molar refractivity (Wildman–Crippen MR) is 79.0 cm³/mol. The Morgan fingerprint density at radius 1 is 1.30 bits per heavy atom. The SMILES string of the molecule is CC1CCCCCN1C(=O)C1CNc2ccccc2O1. The third-order valence-corrected chi connectivity index (χ3v) is 4.25. The standard InChI is InChI=1S/C16H22N2O2/c1-12-7-3-2-6-10-18(12)16(19)15-11-17-13-8-4-5-9-14(13)20-15/h4-5,8-9,12,15,17H,2-3,6-7,10-11H2,1H3. The molecule has 1 fully saturated rings. The zero-order valence-corrected chi connectivity index (χ0v) is 12.0. The van der Waals surface area contributed by atoms with Crippen molar-refractivity contribution < 1.29 is 9.53 Å². The summed E-state index contributed by atoms with van der Waals surface area (Å²) in [6.07, 6.45) is 4.25. The van der Waals surface area contributed by atoms with Crippen molar-refractivity contribution in [3.63, 3.8) is 0 Å². The van der Waals surface area contributed by atoms with E-state index in [2.05, 4.69) is 12.2 Å². The van der Waals surface area contributed by atoms with Gasteiger partial charge in [0.05, 0.1) is 12.2 Å². The monoisotopic (exact) mass is 274 g/mol. The van der Waals surface area contributed by atoms with Crippen LogP contribution in [0.5, 0.6) is 5.75 Å².